The standard InChI is InChI=1S/C19H20N2O3/c1-11-5-6-12(2)14(9-11)10-20-18(22)16-13(3)24-15-7-8-21(4)19(23)17(15)16/h5-9H,10H2,1-4H3,(H,20,22). The number of hydrogen-bond donors (Lipinski definition) is 1. The van der Waals surface area contributed by atoms with Gasteiger partial charge < -0.3 is 14.3 Å². The fourth-order valence-electron chi connectivity index (χ4n) is 2.85. The lowest BCUT2D eigenvalue weighted by Gasteiger charge is -2.09. The first-order valence-corrected chi connectivity index (χ1v) is 7.81. The second-order valence-corrected chi connectivity index (χ2v) is 6.12. The number of nitrogens with zero attached hydrogens (tertiary/aromatic N) is 1. The topological polar surface area (TPSA) is 64.2 Å². The molecule has 1 N–H and O–H groups in total. The smallest absolute Gasteiger partial charge is 0.262 e. The van der Waals surface area contributed by atoms with Crippen molar-refractivity contribution in [3.05, 3.63) is 68.8 Å². The third-order valence-corrected chi connectivity index (χ3v) is 4.27. The molecule has 0 aliphatic rings. The third-order valence-electron chi connectivity index (χ3n) is 4.27. The Morgan fingerprint density at radius 3 is 2.71 bits per heavy atom. The van der Waals surface area contributed by atoms with Gasteiger partial charge in [-0.3, -0.25) is 9.59 Å². The normalized spacial score (nSPS) is 11.0. The summed E-state index contributed by atoms with van der Waals surface area (Å²) in [4.78, 5) is 25.0. The van der Waals surface area contributed by atoms with Gasteiger partial charge in [-0.05, 0) is 38.0 Å². The van der Waals surface area contributed by atoms with Crippen LogP contribution < -0.4 is 10.9 Å². The van der Waals surface area contributed by atoms with Crippen molar-refractivity contribution in [2.45, 2.75) is 27.3 Å². The van der Waals surface area contributed by atoms with Crippen LogP contribution in [0.2, 0.25) is 0 Å². The van der Waals surface area contributed by atoms with E-state index in [-0.39, 0.29) is 11.5 Å². The fraction of sp³-hybridized carbons (Fsp3) is 0.263. The first kappa shape index (κ1) is 16.1. The number of nitrogens with one attached hydrogen (secondary N) is 1. The van der Waals surface area contributed by atoms with E-state index in [9.17, 15) is 9.59 Å². The Balaban J connectivity index is 1.95. The van der Waals surface area contributed by atoms with Crippen LogP contribution in [0.3, 0.4) is 0 Å². The van der Waals surface area contributed by atoms with Crippen molar-refractivity contribution < 1.29 is 9.21 Å². The Hall–Kier alpha value is -2.82. The summed E-state index contributed by atoms with van der Waals surface area (Å²) in [5.74, 6) is 0.155. The van der Waals surface area contributed by atoms with E-state index in [1.165, 1.54) is 4.57 Å². The average molecular weight is 324 g/mol. The molecule has 0 fully saturated rings. The number of benzene rings is 1. The van der Waals surface area contributed by atoms with Gasteiger partial charge in [0.2, 0.25) is 0 Å². The van der Waals surface area contributed by atoms with E-state index in [0.717, 1.165) is 16.7 Å². The molecule has 124 valence electrons. The predicted molar refractivity (Wildman–Crippen MR) is 93.3 cm³/mol. The largest absolute Gasteiger partial charge is 0.460 e. The second kappa shape index (κ2) is 6.00. The maximum Gasteiger partial charge on any atom is 0.262 e. The summed E-state index contributed by atoms with van der Waals surface area (Å²) in [6.45, 7) is 6.13. The van der Waals surface area contributed by atoms with Gasteiger partial charge in [0.1, 0.15) is 11.3 Å². The van der Waals surface area contributed by atoms with Gasteiger partial charge in [-0.25, -0.2) is 0 Å². The van der Waals surface area contributed by atoms with Crippen molar-refractivity contribution in [1.29, 1.82) is 0 Å². The molecule has 1 aromatic carbocycles. The lowest BCUT2D eigenvalue weighted by molar-refractivity contribution is 0.0950. The zero-order chi connectivity index (χ0) is 17.4. The summed E-state index contributed by atoms with van der Waals surface area (Å²) in [5, 5.41) is 3.23. The lowest BCUT2D eigenvalue weighted by Crippen LogP contribution is -2.26. The summed E-state index contributed by atoms with van der Waals surface area (Å²) in [5.41, 5.74) is 3.83. The number of amides is 1. The van der Waals surface area contributed by atoms with Gasteiger partial charge in [-0.1, -0.05) is 23.8 Å². The van der Waals surface area contributed by atoms with Crippen molar-refractivity contribution in [3.63, 3.8) is 0 Å². The average Bonchev–Trinajstić information content (AvgIpc) is 2.88. The van der Waals surface area contributed by atoms with E-state index < -0.39 is 0 Å². The molecule has 0 saturated carbocycles. The van der Waals surface area contributed by atoms with Crippen LogP contribution in [0.15, 0.2) is 39.7 Å². The molecule has 0 radical (unpaired) electrons. The van der Waals surface area contributed by atoms with Gasteiger partial charge in [0.25, 0.3) is 11.5 Å². The molecule has 0 spiro atoms. The van der Waals surface area contributed by atoms with Gasteiger partial charge in [0, 0.05) is 19.8 Å². The number of furan rings is 1. The number of aromatic nitrogens is 1. The van der Waals surface area contributed by atoms with Crippen LogP contribution in [-0.4, -0.2) is 10.5 Å². The van der Waals surface area contributed by atoms with Gasteiger partial charge >= 0.3 is 0 Å². The van der Waals surface area contributed by atoms with Gasteiger partial charge in [-0.15, -0.1) is 0 Å². The van der Waals surface area contributed by atoms with E-state index in [2.05, 4.69) is 11.4 Å². The van der Waals surface area contributed by atoms with Crippen LogP contribution in [-0.2, 0) is 13.6 Å². The minimum absolute atomic E-state index is 0.235. The molecular formula is C19H20N2O3. The maximum atomic E-state index is 12.7. The zero-order valence-corrected chi connectivity index (χ0v) is 14.3. The Labute approximate surface area is 139 Å². The number of pyridine rings is 1. The molecule has 0 saturated heterocycles. The first-order chi connectivity index (χ1) is 11.4. The van der Waals surface area contributed by atoms with E-state index in [1.807, 2.05) is 26.0 Å². The van der Waals surface area contributed by atoms with E-state index >= 15 is 0 Å². The quantitative estimate of drug-likeness (QED) is 0.805. The van der Waals surface area contributed by atoms with Crippen LogP contribution in [0.4, 0.5) is 0 Å². The third kappa shape index (κ3) is 2.73. The molecule has 3 aromatic rings. The maximum absolute atomic E-state index is 12.7. The SMILES string of the molecule is Cc1ccc(C)c(CNC(=O)c2c(C)oc3ccn(C)c(=O)c23)c1. The summed E-state index contributed by atoms with van der Waals surface area (Å²) in [7, 11) is 1.65. The summed E-state index contributed by atoms with van der Waals surface area (Å²) in [6.07, 6.45) is 1.63. The van der Waals surface area contributed by atoms with Crippen molar-refractivity contribution in [3.8, 4) is 0 Å². The van der Waals surface area contributed by atoms with Crippen LogP contribution >= 0.6 is 0 Å². The molecule has 0 atom stereocenters. The second-order valence-electron chi connectivity index (χ2n) is 6.12. The number of carbonyl (C=O) groups is 1. The highest BCUT2D eigenvalue weighted by Crippen LogP contribution is 2.22. The highest BCUT2D eigenvalue weighted by Gasteiger charge is 2.21. The summed E-state index contributed by atoms with van der Waals surface area (Å²) >= 11 is 0. The predicted octanol–water partition coefficient (Wildman–Crippen LogP) is 2.99. The minimum atomic E-state index is -0.296. The molecule has 5 nitrogen and oxygen atoms in total. The molecular weight excluding hydrogens is 304 g/mol. The van der Waals surface area contributed by atoms with E-state index in [4.69, 9.17) is 4.42 Å². The van der Waals surface area contributed by atoms with E-state index in [0.29, 0.717) is 28.8 Å². The van der Waals surface area contributed by atoms with Crippen molar-refractivity contribution in [1.82, 2.24) is 9.88 Å². The molecule has 1 amide bonds. The molecule has 2 heterocycles. The van der Waals surface area contributed by atoms with Crippen molar-refractivity contribution in [2.24, 2.45) is 7.05 Å². The Bertz CT molecular complexity index is 996. The summed E-state index contributed by atoms with van der Waals surface area (Å²) < 4.78 is 7.02. The number of rotatable bonds is 3. The summed E-state index contributed by atoms with van der Waals surface area (Å²) in [6, 6.07) is 7.82. The van der Waals surface area contributed by atoms with Crippen LogP contribution in [0, 0.1) is 20.8 Å². The number of carbonyl (C=O) groups excluding carboxylic acids is 1. The van der Waals surface area contributed by atoms with Gasteiger partial charge in [0.05, 0.1) is 10.9 Å². The number of fused-ring (bicyclic) bond motifs is 1. The first-order valence-electron chi connectivity index (χ1n) is 7.81. The Morgan fingerprint density at radius 1 is 1.21 bits per heavy atom. The van der Waals surface area contributed by atoms with Crippen molar-refractivity contribution in [2.75, 3.05) is 0 Å². The molecule has 2 aromatic heterocycles. The highest BCUT2D eigenvalue weighted by atomic mass is 16.3. The van der Waals surface area contributed by atoms with Crippen LogP contribution in [0.5, 0.6) is 0 Å². The zero-order valence-electron chi connectivity index (χ0n) is 14.3. The molecule has 24 heavy (non-hydrogen) atoms. The minimum Gasteiger partial charge on any atom is -0.460 e. The monoisotopic (exact) mass is 324 g/mol. The molecule has 0 aliphatic heterocycles. The Morgan fingerprint density at radius 2 is 1.96 bits per heavy atom. The fourth-order valence-corrected chi connectivity index (χ4v) is 2.85. The molecule has 0 bridgehead atoms. The molecule has 0 unspecified atom stereocenters. The van der Waals surface area contributed by atoms with Crippen LogP contribution in [0.25, 0.3) is 11.0 Å². The molecule has 5 heteroatoms. The molecule has 3 rings (SSSR count). The Kier molecular flexibility index (Phi) is 4.01. The highest BCUT2D eigenvalue weighted by molar-refractivity contribution is 6.06. The number of aryl methyl sites for hydroxylation is 4. The van der Waals surface area contributed by atoms with Gasteiger partial charge in [0.15, 0.2) is 0 Å². The van der Waals surface area contributed by atoms with E-state index in [1.54, 1.807) is 26.2 Å². The van der Waals surface area contributed by atoms with Gasteiger partial charge in [-0.2, -0.15) is 0 Å². The van der Waals surface area contributed by atoms with Crippen LogP contribution in [0.1, 0.15) is 32.8 Å². The molecule has 0 aliphatic carbocycles. The van der Waals surface area contributed by atoms with Crippen molar-refractivity contribution >= 4 is 16.9 Å². The lowest BCUT2D eigenvalue weighted by atomic mass is 10.1. The number of hydrogen-bond acceptors (Lipinski definition) is 3.